The molecule has 0 saturated heterocycles. The molecule has 0 amide bonds. The standard InChI is InChI=1S/C13H32OSSi2/c1-7-11-14-16(5,6)13-12-15-17(8-2,9-3)10-4/h7-13H2,1-6H3. The zero-order valence-electron chi connectivity index (χ0n) is 12.8. The molecule has 0 heterocycles. The van der Waals surface area contributed by atoms with E-state index in [1.165, 1.54) is 29.9 Å². The van der Waals surface area contributed by atoms with Gasteiger partial charge in [0.25, 0.3) is 0 Å². The molecule has 0 fully saturated rings. The van der Waals surface area contributed by atoms with Crippen molar-refractivity contribution >= 4 is 26.8 Å². The Balaban J connectivity index is 4.02. The van der Waals surface area contributed by atoms with Crippen molar-refractivity contribution in [2.45, 2.75) is 71.4 Å². The van der Waals surface area contributed by atoms with Crippen LogP contribution < -0.4 is 0 Å². The summed E-state index contributed by atoms with van der Waals surface area (Å²) in [5, 5.41) is 0. The lowest BCUT2D eigenvalue weighted by Gasteiger charge is -2.29. The molecule has 0 aromatic rings. The van der Waals surface area contributed by atoms with Crippen LogP contribution in [0, 0.1) is 0 Å². The SMILES string of the molecule is CCCO[Si](C)(C)CCS[Si](CC)(CC)CC. The van der Waals surface area contributed by atoms with Crippen molar-refractivity contribution in [3.05, 3.63) is 0 Å². The van der Waals surface area contributed by atoms with Crippen LogP contribution in [0.1, 0.15) is 34.1 Å². The van der Waals surface area contributed by atoms with Gasteiger partial charge < -0.3 is 4.43 Å². The second kappa shape index (κ2) is 8.78. The molecule has 0 rings (SSSR count). The summed E-state index contributed by atoms with van der Waals surface area (Å²) in [5.74, 6) is 1.34. The normalized spacial score (nSPS) is 13.1. The largest absolute Gasteiger partial charge is 0.417 e. The first-order valence-corrected chi connectivity index (χ1v) is 14.7. The highest BCUT2D eigenvalue weighted by Gasteiger charge is 2.29. The molecular formula is C13H32OSSi2. The summed E-state index contributed by atoms with van der Waals surface area (Å²) in [7, 11) is -2.33. The van der Waals surface area contributed by atoms with Crippen molar-refractivity contribution in [3.8, 4) is 0 Å². The fraction of sp³-hybridized carbons (Fsp3) is 1.00. The van der Waals surface area contributed by atoms with Crippen molar-refractivity contribution in [3.63, 3.8) is 0 Å². The van der Waals surface area contributed by atoms with Gasteiger partial charge in [-0.3, -0.25) is 0 Å². The fourth-order valence-electron chi connectivity index (χ4n) is 2.02. The molecule has 0 unspecified atom stereocenters. The Morgan fingerprint density at radius 2 is 1.47 bits per heavy atom. The minimum atomic E-state index is -1.36. The molecule has 0 aromatic carbocycles. The molecule has 0 aliphatic carbocycles. The summed E-state index contributed by atoms with van der Waals surface area (Å²) in [6.07, 6.45) is 1.15. The van der Waals surface area contributed by atoms with E-state index in [2.05, 4.69) is 52.0 Å². The van der Waals surface area contributed by atoms with E-state index in [4.69, 9.17) is 4.43 Å². The molecule has 0 N–H and O–H groups in total. The van der Waals surface area contributed by atoms with Gasteiger partial charge in [-0.05, 0) is 31.3 Å². The van der Waals surface area contributed by atoms with Crippen LogP contribution in [-0.2, 0) is 4.43 Å². The van der Waals surface area contributed by atoms with E-state index in [1.54, 1.807) is 0 Å². The maximum absolute atomic E-state index is 6.04. The Bertz CT molecular complexity index is 186. The van der Waals surface area contributed by atoms with Crippen LogP contribution in [0.4, 0.5) is 0 Å². The summed E-state index contributed by atoms with van der Waals surface area (Å²) in [6.45, 7) is 15.1. The Morgan fingerprint density at radius 3 is 1.88 bits per heavy atom. The third kappa shape index (κ3) is 7.04. The number of hydrogen-bond donors (Lipinski definition) is 0. The molecule has 0 saturated carbocycles. The van der Waals surface area contributed by atoms with Crippen LogP contribution in [0.3, 0.4) is 0 Å². The maximum Gasteiger partial charge on any atom is 0.187 e. The first-order valence-electron chi connectivity index (χ1n) is 7.23. The van der Waals surface area contributed by atoms with Crippen LogP contribution in [0.25, 0.3) is 0 Å². The van der Waals surface area contributed by atoms with Crippen LogP contribution in [0.5, 0.6) is 0 Å². The van der Waals surface area contributed by atoms with Crippen LogP contribution in [-0.4, -0.2) is 27.9 Å². The van der Waals surface area contributed by atoms with Gasteiger partial charge in [0.2, 0.25) is 0 Å². The summed E-state index contributed by atoms with van der Waals surface area (Å²) in [4.78, 5) is 0. The average molecular weight is 293 g/mol. The fourth-order valence-corrected chi connectivity index (χ4v) is 11.9. The minimum absolute atomic E-state index is 0.960. The summed E-state index contributed by atoms with van der Waals surface area (Å²) in [6, 6.07) is 5.62. The third-order valence-electron chi connectivity index (χ3n) is 3.74. The molecular weight excluding hydrogens is 260 g/mol. The zero-order valence-corrected chi connectivity index (χ0v) is 15.6. The Hall–Kier alpha value is 0.744. The van der Waals surface area contributed by atoms with Crippen LogP contribution in [0.2, 0.25) is 37.3 Å². The molecule has 0 atom stereocenters. The average Bonchev–Trinajstić information content (AvgIpc) is 2.33. The Morgan fingerprint density at radius 1 is 0.941 bits per heavy atom. The monoisotopic (exact) mass is 292 g/mol. The van der Waals surface area contributed by atoms with Gasteiger partial charge >= 0.3 is 0 Å². The van der Waals surface area contributed by atoms with Crippen LogP contribution >= 0.6 is 11.2 Å². The van der Waals surface area contributed by atoms with E-state index < -0.39 is 15.5 Å². The quantitative estimate of drug-likeness (QED) is 0.502. The van der Waals surface area contributed by atoms with Crippen molar-refractivity contribution in [2.24, 2.45) is 0 Å². The lowest BCUT2D eigenvalue weighted by molar-refractivity contribution is 0.307. The van der Waals surface area contributed by atoms with Crippen molar-refractivity contribution in [2.75, 3.05) is 12.4 Å². The summed E-state index contributed by atoms with van der Waals surface area (Å²) in [5.41, 5.74) is 0. The predicted molar refractivity (Wildman–Crippen MR) is 88.2 cm³/mol. The lowest BCUT2D eigenvalue weighted by atomic mass is 10.5. The molecule has 0 aromatic heterocycles. The van der Waals surface area contributed by atoms with Gasteiger partial charge in [0.05, 0.1) is 0 Å². The second-order valence-corrected chi connectivity index (χ2v) is 18.4. The van der Waals surface area contributed by atoms with Gasteiger partial charge in [0, 0.05) is 6.61 Å². The molecule has 0 spiro atoms. The Labute approximate surface area is 115 Å². The first-order chi connectivity index (χ1) is 7.95. The topological polar surface area (TPSA) is 9.23 Å². The first kappa shape index (κ1) is 17.7. The van der Waals surface area contributed by atoms with Crippen LogP contribution in [0.15, 0.2) is 0 Å². The van der Waals surface area contributed by atoms with E-state index >= 15 is 0 Å². The van der Waals surface area contributed by atoms with Gasteiger partial charge in [0.15, 0.2) is 8.32 Å². The van der Waals surface area contributed by atoms with E-state index in [9.17, 15) is 0 Å². The van der Waals surface area contributed by atoms with E-state index in [0.717, 1.165) is 13.0 Å². The number of rotatable bonds is 10. The van der Waals surface area contributed by atoms with Gasteiger partial charge in [-0.15, -0.1) is 0 Å². The van der Waals surface area contributed by atoms with Gasteiger partial charge in [-0.2, -0.15) is 11.2 Å². The van der Waals surface area contributed by atoms with E-state index in [1.807, 2.05) is 0 Å². The second-order valence-electron chi connectivity index (χ2n) is 5.45. The number of hydrogen-bond acceptors (Lipinski definition) is 2. The highest BCUT2D eigenvalue weighted by molar-refractivity contribution is 8.29. The highest BCUT2D eigenvalue weighted by atomic mass is 32.4. The summed E-state index contributed by atoms with van der Waals surface area (Å²) < 4.78 is 6.04. The highest BCUT2D eigenvalue weighted by Crippen LogP contribution is 2.34. The zero-order chi connectivity index (χ0) is 13.4. The molecule has 0 radical (unpaired) electrons. The van der Waals surface area contributed by atoms with Gasteiger partial charge in [-0.25, -0.2) is 0 Å². The molecule has 17 heavy (non-hydrogen) atoms. The van der Waals surface area contributed by atoms with Crippen molar-refractivity contribution in [1.29, 1.82) is 0 Å². The molecule has 0 aliphatic rings. The molecule has 0 bridgehead atoms. The van der Waals surface area contributed by atoms with Gasteiger partial charge in [0.1, 0.15) is 7.22 Å². The van der Waals surface area contributed by atoms with Gasteiger partial charge in [-0.1, -0.05) is 45.8 Å². The molecule has 4 heteroatoms. The predicted octanol–water partition coefficient (Wildman–Crippen LogP) is 5.36. The molecule has 104 valence electrons. The van der Waals surface area contributed by atoms with Crippen molar-refractivity contribution in [1.82, 2.24) is 0 Å². The Kier molecular flexibility index (Phi) is 9.16. The lowest BCUT2D eigenvalue weighted by Crippen LogP contribution is -2.33. The minimum Gasteiger partial charge on any atom is -0.417 e. The molecule has 1 nitrogen and oxygen atoms in total. The van der Waals surface area contributed by atoms with Crippen molar-refractivity contribution < 1.29 is 4.43 Å². The van der Waals surface area contributed by atoms with E-state index in [-0.39, 0.29) is 0 Å². The summed E-state index contributed by atoms with van der Waals surface area (Å²) >= 11 is 2.32. The molecule has 0 aliphatic heterocycles. The maximum atomic E-state index is 6.04. The smallest absolute Gasteiger partial charge is 0.187 e. The van der Waals surface area contributed by atoms with E-state index in [0.29, 0.717) is 0 Å². The third-order valence-corrected chi connectivity index (χ3v) is 16.5.